The van der Waals surface area contributed by atoms with Gasteiger partial charge in [-0.15, -0.1) is 5.10 Å². The van der Waals surface area contributed by atoms with Gasteiger partial charge in [0.15, 0.2) is 5.65 Å². The Morgan fingerprint density at radius 1 is 1.14 bits per heavy atom. The number of aromatic nitrogens is 3. The van der Waals surface area contributed by atoms with Crippen LogP contribution >= 0.6 is 11.6 Å². The second-order valence-electron chi connectivity index (χ2n) is 6.44. The molecule has 6 nitrogen and oxygen atoms in total. The Balaban J connectivity index is 1.62. The molecule has 4 aromatic rings. The fourth-order valence-electron chi connectivity index (χ4n) is 3.00. The Hall–Kier alpha value is -3.38. The van der Waals surface area contributed by atoms with Gasteiger partial charge in [-0.25, -0.2) is 9.50 Å². The van der Waals surface area contributed by atoms with E-state index in [-0.39, 0.29) is 5.91 Å². The van der Waals surface area contributed by atoms with E-state index in [1.165, 1.54) is 0 Å². The second-order valence-corrected chi connectivity index (χ2v) is 6.88. The van der Waals surface area contributed by atoms with Gasteiger partial charge in [-0.2, -0.15) is 0 Å². The molecule has 0 fully saturated rings. The van der Waals surface area contributed by atoms with Gasteiger partial charge in [0.1, 0.15) is 6.61 Å². The number of carbonyl (C=O) groups excluding carboxylic acids is 1. The van der Waals surface area contributed by atoms with E-state index in [0.29, 0.717) is 35.3 Å². The number of hydrogen-bond donors (Lipinski definition) is 1. The topological polar surface area (TPSA) is 68.5 Å². The average molecular weight is 407 g/mol. The molecule has 0 aliphatic carbocycles. The molecule has 4 rings (SSSR count). The first-order valence-corrected chi connectivity index (χ1v) is 9.62. The van der Waals surface area contributed by atoms with Gasteiger partial charge in [0.05, 0.1) is 11.9 Å². The molecule has 0 unspecified atom stereocenters. The van der Waals surface area contributed by atoms with E-state index < -0.39 is 0 Å². The lowest BCUT2D eigenvalue weighted by Crippen LogP contribution is -2.22. The molecule has 0 saturated carbocycles. The summed E-state index contributed by atoms with van der Waals surface area (Å²) in [6.45, 7) is 2.82. The van der Waals surface area contributed by atoms with Crippen molar-refractivity contribution in [2.45, 2.75) is 13.5 Å². The molecular formula is C22H19ClN4O2. The first-order chi connectivity index (χ1) is 14.1. The van der Waals surface area contributed by atoms with Gasteiger partial charge in [0.25, 0.3) is 5.91 Å². The first kappa shape index (κ1) is 19.0. The van der Waals surface area contributed by atoms with Gasteiger partial charge in [-0.05, 0) is 42.8 Å². The largest absolute Gasteiger partial charge is 0.472 e. The van der Waals surface area contributed by atoms with Crippen LogP contribution in [0.2, 0.25) is 5.02 Å². The molecule has 0 aliphatic heterocycles. The Bertz CT molecular complexity index is 1170. The maximum atomic E-state index is 12.1. The summed E-state index contributed by atoms with van der Waals surface area (Å²) in [5.41, 5.74) is 3.87. The number of amides is 1. The average Bonchev–Trinajstić information content (AvgIpc) is 3.16. The monoisotopic (exact) mass is 406 g/mol. The summed E-state index contributed by atoms with van der Waals surface area (Å²) >= 11 is 6.02. The number of halogens is 1. The van der Waals surface area contributed by atoms with E-state index >= 15 is 0 Å². The van der Waals surface area contributed by atoms with Gasteiger partial charge >= 0.3 is 0 Å². The highest BCUT2D eigenvalue weighted by molar-refractivity contribution is 6.30. The van der Waals surface area contributed by atoms with Gasteiger partial charge in [-0.3, -0.25) is 4.79 Å². The van der Waals surface area contributed by atoms with Crippen LogP contribution in [-0.4, -0.2) is 27.0 Å². The summed E-state index contributed by atoms with van der Waals surface area (Å²) in [5, 5.41) is 8.03. The van der Waals surface area contributed by atoms with Crippen molar-refractivity contribution >= 4 is 23.2 Å². The van der Waals surface area contributed by atoms with Crippen LogP contribution in [0.1, 0.15) is 22.8 Å². The van der Waals surface area contributed by atoms with E-state index in [1.807, 2.05) is 55.5 Å². The Labute approximate surface area is 173 Å². The molecule has 1 N–H and O–H groups in total. The van der Waals surface area contributed by atoms with Crippen LogP contribution in [0.25, 0.3) is 16.9 Å². The highest BCUT2D eigenvalue weighted by Gasteiger charge is 2.11. The quantitative estimate of drug-likeness (QED) is 0.516. The molecule has 29 heavy (non-hydrogen) atoms. The molecule has 1 amide bonds. The number of ether oxygens (including phenoxy) is 1. The van der Waals surface area contributed by atoms with Crippen LogP contribution < -0.4 is 10.1 Å². The summed E-state index contributed by atoms with van der Waals surface area (Å²) in [6.07, 6.45) is 1.74. The molecule has 146 valence electrons. The van der Waals surface area contributed by atoms with Crippen molar-refractivity contribution in [3.63, 3.8) is 0 Å². The molecule has 0 aliphatic rings. The third-order valence-corrected chi connectivity index (χ3v) is 4.61. The van der Waals surface area contributed by atoms with Crippen LogP contribution in [-0.2, 0) is 6.61 Å². The van der Waals surface area contributed by atoms with Crippen molar-refractivity contribution in [2.75, 3.05) is 6.54 Å². The lowest BCUT2D eigenvalue weighted by atomic mass is 10.1. The van der Waals surface area contributed by atoms with Crippen molar-refractivity contribution in [1.29, 1.82) is 0 Å². The van der Waals surface area contributed by atoms with Crippen molar-refractivity contribution in [3.05, 3.63) is 83.0 Å². The number of nitrogens with zero attached hydrogens (tertiary/aromatic N) is 3. The summed E-state index contributed by atoms with van der Waals surface area (Å²) < 4.78 is 7.54. The molecular weight excluding hydrogens is 388 g/mol. The van der Waals surface area contributed by atoms with Crippen molar-refractivity contribution in [2.24, 2.45) is 0 Å². The normalized spacial score (nSPS) is 10.8. The fraction of sp³-hybridized carbons (Fsp3) is 0.136. The molecule has 0 radical (unpaired) electrons. The zero-order valence-electron chi connectivity index (χ0n) is 15.8. The van der Waals surface area contributed by atoms with Gasteiger partial charge in [-0.1, -0.05) is 35.9 Å². The minimum atomic E-state index is -0.110. The highest BCUT2D eigenvalue weighted by atomic mass is 35.5. The number of imidazole rings is 1. The summed E-state index contributed by atoms with van der Waals surface area (Å²) in [6, 6.07) is 18.5. The van der Waals surface area contributed by atoms with Crippen molar-refractivity contribution in [1.82, 2.24) is 19.9 Å². The molecule has 0 bridgehead atoms. The zero-order valence-corrected chi connectivity index (χ0v) is 16.6. The zero-order chi connectivity index (χ0) is 20.2. The third kappa shape index (κ3) is 4.22. The van der Waals surface area contributed by atoms with Crippen LogP contribution in [0.3, 0.4) is 0 Å². The SMILES string of the molecule is CCNC(=O)c1cccc(-c2cnc3ccc(OCc4cccc(Cl)c4)nn23)c1. The summed E-state index contributed by atoms with van der Waals surface area (Å²) in [4.78, 5) is 16.6. The third-order valence-electron chi connectivity index (χ3n) is 4.37. The van der Waals surface area contributed by atoms with E-state index in [1.54, 1.807) is 22.8 Å². The number of fused-ring (bicyclic) bond motifs is 1. The second kappa shape index (κ2) is 8.32. The van der Waals surface area contributed by atoms with Crippen LogP contribution in [0.5, 0.6) is 5.88 Å². The Kier molecular flexibility index (Phi) is 5.44. The van der Waals surface area contributed by atoms with E-state index in [9.17, 15) is 4.79 Å². The van der Waals surface area contributed by atoms with Crippen LogP contribution in [0, 0.1) is 0 Å². The van der Waals surface area contributed by atoms with E-state index in [4.69, 9.17) is 16.3 Å². The van der Waals surface area contributed by atoms with Gasteiger partial charge in [0.2, 0.25) is 5.88 Å². The van der Waals surface area contributed by atoms with E-state index in [2.05, 4.69) is 15.4 Å². The predicted octanol–water partition coefficient (Wildman–Crippen LogP) is 4.38. The smallest absolute Gasteiger partial charge is 0.251 e. The Morgan fingerprint density at radius 2 is 2.00 bits per heavy atom. The molecule has 0 spiro atoms. The maximum absolute atomic E-state index is 12.1. The molecule has 7 heteroatoms. The summed E-state index contributed by atoms with van der Waals surface area (Å²) in [5.74, 6) is 0.360. The molecule has 2 heterocycles. The molecule has 0 atom stereocenters. The van der Waals surface area contributed by atoms with Crippen molar-refractivity contribution < 1.29 is 9.53 Å². The number of rotatable bonds is 6. The lowest BCUT2D eigenvalue weighted by molar-refractivity contribution is 0.0956. The fourth-order valence-corrected chi connectivity index (χ4v) is 3.21. The lowest BCUT2D eigenvalue weighted by Gasteiger charge is -2.08. The first-order valence-electron chi connectivity index (χ1n) is 9.24. The minimum Gasteiger partial charge on any atom is -0.472 e. The number of carbonyl (C=O) groups is 1. The molecule has 2 aromatic carbocycles. The van der Waals surface area contributed by atoms with Crippen molar-refractivity contribution in [3.8, 4) is 17.1 Å². The standard InChI is InChI=1S/C22H19ClN4O2/c1-2-24-22(28)17-7-4-6-16(12-17)19-13-25-20-9-10-21(26-27(19)20)29-14-15-5-3-8-18(23)11-15/h3-13H,2,14H2,1H3,(H,24,28). The number of nitrogens with one attached hydrogen (secondary N) is 1. The van der Waals surface area contributed by atoms with Gasteiger partial charge in [0, 0.05) is 28.8 Å². The predicted molar refractivity (Wildman–Crippen MR) is 112 cm³/mol. The Morgan fingerprint density at radius 3 is 2.83 bits per heavy atom. The van der Waals surface area contributed by atoms with E-state index in [0.717, 1.165) is 16.8 Å². The van der Waals surface area contributed by atoms with Crippen LogP contribution in [0.15, 0.2) is 66.9 Å². The summed E-state index contributed by atoms with van der Waals surface area (Å²) in [7, 11) is 0. The highest BCUT2D eigenvalue weighted by Crippen LogP contribution is 2.23. The van der Waals surface area contributed by atoms with Gasteiger partial charge < -0.3 is 10.1 Å². The molecule has 2 aromatic heterocycles. The minimum absolute atomic E-state index is 0.110. The number of hydrogen-bond acceptors (Lipinski definition) is 4. The molecule has 0 saturated heterocycles. The number of benzene rings is 2. The maximum Gasteiger partial charge on any atom is 0.251 e. The van der Waals surface area contributed by atoms with Crippen LogP contribution in [0.4, 0.5) is 0 Å².